The van der Waals surface area contributed by atoms with E-state index in [0.717, 1.165) is 25.7 Å². The zero-order chi connectivity index (χ0) is 13.4. The first-order chi connectivity index (χ1) is 8.63. The largest absolute Gasteiger partial charge is 0.370 e. The van der Waals surface area contributed by atoms with Crippen molar-refractivity contribution in [1.29, 1.82) is 0 Å². The molecule has 0 heterocycles. The fourth-order valence-corrected chi connectivity index (χ4v) is 2.65. The van der Waals surface area contributed by atoms with Gasteiger partial charge in [0.2, 0.25) is 11.8 Å². The van der Waals surface area contributed by atoms with E-state index in [4.69, 9.17) is 11.5 Å². The second-order valence-corrected chi connectivity index (χ2v) is 5.17. The molecule has 0 aliphatic heterocycles. The maximum Gasteiger partial charge on any atom is 0.223 e. The van der Waals surface area contributed by atoms with Gasteiger partial charge in [0, 0.05) is 18.9 Å². The van der Waals surface area contributed by atoms with Gasteiger partial charge in [-0.2, -0.15) is 0 Å². The molecule has 5 N–H and O–H groups in total. The standard InChI is InChI=1S/C13H25N3O2/c14-7-6-10-3-1-4-11(9-10)13(18)16-8-2-5-12(15)17/h10-11H,1-9,14H2,(H2,15,17)(H,16,18). The molecule has 2 amide bonds. The number of hydrogen-bond donors (Lipinski definition) is 3. The Morgan fingerprint density at radius 2 is 2.06 bits per heavy atom. The third-order valence-electron chi connectivity index (χ3n) is 3.63. The molecule has 2 unspecified atom stereocenters. The van der Waals surface area contributed by atoms with Crippen LogP contribution in [0.4, 0.5) is 0 Å². The minimum Gasteiger partial charge on any atom is -0.370 e. The molecule has 0 saturated heterocycles. The van der Waals surface area contributed by atoms with Gasteiger partial charge in [0.1, 0.15) is 0 Å². The van der Waals surface area contributed by atoms with E-state index in [-0.39, 0.29) is 17.7 Å². The van der Waals surface area contributed by atoms with Crippen LogP contribution in [0.25, 0.3) is 0 Å². The van der Waals surface area contributed by atoms with Crippen molar-refractivity contribution >= 4 is 11.8 Å². The van der Waals surface area contributed by atoms with Crippen molar-refractivity contribution in [3.63, 3.8) is 0 Å². The first kappa shape index (κ1) is 15.0. The van der Waals surface area contributed by atoms with Crippen LogP contribution in [0.5, 0.6) is 0 Å². The van der Waals surface area contributed by atoms with Gasteiger partial charge < -0.3 is 16.8 Å². The topological polar surface area (TPSA) is 98.2 Å². The number of amides is 2. The van der Waals surface area contributed by atoms with Crippen molar-refractivity contribution in [2.24, 2.45) is 23.3 Å². The summed E-state index contributed by atoms with van der Waals surface area (Å²) in [5.41, 5.74) is 10.6. The summed E-state index contributed by atoms with van der Waals surface area (Å²) < 4.78 is 0. The van der Waals surface area contributed by atoms with Gasteiger partial charge >= 0.3 is 0 Å². The molecule has 0 spiro atoms. The number of nitrogens with two attached hydrogens (primary N) is 2. The van der Waals surface area contributed by atoms with Crippen LogP contribution < -0.4 is 16.8 Å². The van der Waals surface area contributed by atoms with Crippen molar-refractivity contribution in [1.82, 2.24) is 5.32 Å². The van der Waals surface area contributed by atoms with E-state index in [9.17, 15) is 9.59 Å². The van der Waals surface area contributed by atoms with E-state index in [2.05, 4.69) is 5.32 Å². The summed E-state index contributed by atoms with van der Waals surface area (Å²) in [5, 5.41) is 2.89. The van der Waals surface area contributed by atoms with Crippen LogP contribution in [-0.2, 0) is 9.59 Å². The molecule has 0 radical (unpaired) electrons. The third kappa shape index (κ3) is 5.49. The Hall–Kier alpha value is -1.10. The van der Waals surface area contributed by atoms with E-state index in [1.807, 2.05) is 0 Å². The molecule has 18 heavy (non-hydrogen) atoms. The van der Waals surface area contributed by atoms with Gasteiger partial charge in [-0.05, 0) is 38.1 Å². The molecule has 1 fully saturated rings. The molecule has 1 aliphatic rings. The molecule has 1 rings (SSSR count). The second-order valence-electron chi connectivity index (χ2n) is 5.17. The third-order valence-corrected chi connectivity index (χ3v) is 3.63. The fourth-order valence-electron chi connectivity index (χ4n) is 2.65. The summed E-state index contributed by atoms with van der Waals surface area (Å²) in [6.45, 7) is 1.25. The number of nitrogens with one attached hydrogen (secondary N) is 1. The molecule has 1 saturated carbocycles. The molecule has 5 heteroatoms. The Bertz CT molecular complexity index is 279. The van der Waals surface area contributed by atoms with Crippen molar-refractivity contribution in [2.45, 2.75) is 44.9 Å². The van der Waals surface area contributed by atoms with E-state index in [1.54, 1.807) is 0 Å². The lowest BCUT2D eigenvalue weighted by molar-refractivity contribution is -0.126. The summed E-state index contributed by atoms with van der Waals surface area (Å²) >= 11 is 0. The number of rotatable bonds is 7. The van der Waals surface area contributed by atoms with Gasteiger partial charge in [-0.25, -0.2) is 0 Å². The minimum atomic E-state index is -0.315. The molecule has 0 bridgehead atoms. The van der Waals surface area contributed by atoms with Crippen LogP contribution in [0.15, 0.2) is 0 Å². The SMILES string of the molecule is NCCC1CCCC(C(=O)NCCCC(N)=O)C1. The van der Waals surface area contributed by atoms with Crippen LogP contribution in [0.1, 0.15) is 44.9 Å². The zero-order valence-electron chi connectivity index (χ0n) is 11.0. The van der Waals surface area contributed by atoms with E-state index in [1.165, 1.54) is 6.42 Å². The quantitative estimate of drug-likeness (QED) is 0.578. The fraction of sp³-hybridized carbons (Fsp3) is 0.846. The highest BCUT2D eigenvalue weighted by atomic mass is 16.2. The summed E-state index contributed by atoms with van der Waals surface area (Å²) in [7, 11) is 0. The normalized spacial score (nSPS) is 23.6. The Labute approximate surface area is 109 Å². The van der Waals surface area contributed by atoms with Gasteiger partial charge in [0.05, 0.1) is 0 Å². The first-order valence-corrected chi connectivity index (χ1v) is 6.89. The Morgan fingerprint density at radius 3 is 2.72 bits per heavy atom. The molecule has 0 aromatic rings. The van der Waals surface area contributed by atoms with Gasteiger partial charge in [-0.15, -0.1) is 0 Å². The maximum atomic E-state index is 11.9. The molecule has 0 aromatic carbocycles. The predicted molar refractivity (Wildman–Crippen MR) is 70.6 cm³/mol. The van der Waals surface area contributed by atoms with Gasteiger partial charge in [-0.1, -0.05) is 12.8 Å². The van der Waals surface area contributed by atoms with Crippen LogP contribution >= 0.6 is 0 Å². The lowest BCUT2D eigenvalue weighted by Gasteiger charge is -2.28. The van der Waals surface area contributed by atoms with Crippen molar-refractivity contribution in [3.8, 4) is 0 Å². The summed E-state index contributed by atoms with van der Waals surface area (Å²) in [5.74, 6) is 0.542. The molecule has 5 nitrogen and oxygen atoms in total. The molecular weight excluding hydrogens is 230 g/mol. The van der Waals surface area contributed by atoms with Crippen molar-refractivity contribution in [3.05, 3.63) is 0 Å². The Balaban J connectivity index is 2.21. The van der Waals surface area contributed by atoms with Gasteiger partial charge in [-0.3, -0.25) is 9.59 Å². The molecule has 1 aliphatic carbocycles. The molecular formula is C13H25N3O2. The minimum absolute atomic E-state index is 0.126. The highest BCUT2D eigenvalue weighted by Gasteiger charge is 2.26. The lowest BCUT2D eigenvalue weighted by atomic mass is 9.79. The lowest BCUT2D eigenvalue weighted by Crippen LogP contribution is -2.35. The van der Waals surface area contributed by atoms with Crippen molar-refractivity contribution < 1.29 is 9.59 Å². The zero-order valence-corrected chi connectivity index (χ0v) is 11.0. The monoisotopic (exact) mass is 255 g/mol. The van der Waals surface area contributed by atoms with E-state index in [0.29, 0.717) is 31.8 Å². The molecule has 104 valence electrons. The van der Waals surface area contributed by atoms with Crippen molar-refractivity contribution in [2.75, 3.05) is 13.1 Å². The smallest absolute Gasteiger partial charge is 0.223 e. The number of hydrogen-bond acceptors (Lipinski definition) is 3. The summed E-state index contributed by atoms with van der Waals surface area (Å²) in [4.78, 5) is 22.5. The van der Waals surface area contributed by atoms with Crippen LogP contribution in [0.3, 0.4) is 0 Å². The van der Waals surface area contributed by atoms with Crippen LogP contribution in [0.2, 0.25) is 0 Å². The van der Waals surface area contributed by atoms with Crippen LogP contribution in [-0.4, -0.2) is 24.9 Å². The van der Waals surface area contributed by atoms with Gasteiger partial charge in [0.15, 0.2) is 0 Å². The Kier molecular flexibility index (Phi) is 6.72. The molecule has 2 atom stereocenters. The number of carbonyl (C=O) groups excluding carboxylic acids is 2. The van der Waals surface area contributed by atoms with E-state index >= 15 is 0 Å². The summed E-state index contributed by atoms with van der Waals surface area (Å²) in [6.07, 6.45) is 6.22. The van der Waals surface area contributed by atoms with Crippen LogP contribution in [0, 0.1) is 11.8 Å². The number of primary amides is 1. The van der Waals surface area contributed by atoms with Gasteiger partial charge in [0.25, 0.3) is 0 Å². The average Bonchev–Trinajstić information content (AvgIpc) is 2.35. The highest BCUT2D eigenvalue weighted by Crippen LogP contribution is 2.30. The predicted octanol–water partition coefficient (Wildman–Crippen LogP) is 0.523. The number of carbonyl (C=O) groups is 2. The highest BCUT2D eigenvalue weighted by molar-refractivity contribution is 5.78. The Morgan fingerprint density at radius 1 is 1.28 bits per heavy atom. The second kappa shape index (κ2) is 8.08. The average molecular weight is 255 g/mol. The van der Waals surface area contributed by atoms with E-state index < -0.39 is 0 Å². The summed E-state index contributed by atoms with van der Waals surface area (Å²) in [6, 6.07) is 0. The first-order valence-electron chi connectivity index (χ1n) is 6.89. The maximum absolute atomic E-state index is 11.9. The molecule has 0 aromatic heterocycles.